The topological polar surface area (TPSA) is 754 Å². The van der Waals surface area contributed by atoms with Gasteiger partial charge in [0.2, 0.25) is 35.2 Å². The number of nitrogen functional groups attached to an aromatic ring is 2. The summed E-state index contributed by atoms with van der Waals surface area (Å²) in [6.07, 6.45) is -4.82. The van der Waals surface area contributed by atoms with E-state index >= 15 is 0 Å². The number of alkyl carbamates (subject to hydrolysis) is 2. The van der Waals surface area contributed by atoms with Gasteiger partial charge in [-0.15, -0.1) is 0 Å². The van der Waals surface area contributed by atoms with Gasteiger partial charge in [0.1, 0.15) is 72.4 Å². The number of primary amides is 1. The Bertz CT molecular complexity index is 6630. The van der Waals surface area contributed by atoms with E-state index in [4.69, 9.17) is 45.6 Å². The molecule has 4 aromatic carbocycles. The maximum atomic E-state index is 14.0. The molecule has 3 aliphatic carbocycles. The van der Waals surface area contributed by atoms with Gasteiger partial charge < -0.3 is 118 Å². The number of carboxylic acids is 2. The van der Waals surface area contributed by atoms with Gasteiger partial charge in [-0.25, -0.2) is 39.1 Å². The highest BCUT2D eigenvalue weighted by Gasteiger charge is 2.73. The van der Waals surface area contributed by atoms with Crippen LogP contribution in [0.5, 0.6) is 17.2 Å². The molecule has 4 aliphatic heterocycles. The Hall–Kier alpha value is -14.1. The Morgan fingerprint density at radius 2 is 1.20 bits per heavy atom. The zero-order chi connectivity index (χ0) is 103. The van der Waals surface area contributed by atoms with Crippen molar-refractivity contribution in [2.75, 3.05) is 85.7 Å². The van der Waals surface area contributed by atoms with Gasteiger partial charge in [0.25, 0.3) is 22.9 Å². The van der Waals surface area contributed by atoms with Crippen molar-refractivity contribution in [3.8, 4) is 17.2 Å². The lowest BCUT2D eigenvalue weighted by molar-refractivity contribution is -0.249. The van der Waals surface area contributed by atoms with Crippen molar-refractivity contribution in [1.29, 1.82) is 0 Å². The number of carbonyl (C=O) groups is 14. The zero-order valence-corrected chi connectivity index (χ0v) is 80.7. The van der Waals surface area contributed by atoms with Crippen LogP contribution < -0.4 is 70.3 Å². The number of benzene rings is 4. The monoisotopic (exact) mass is 2060 g/mol. The summed E-state index contributed by atoms with van der Waals surface area (Å²) < 4.78 is 34.0. The summed E-state index contributed by atoms with van der Waals surface area (Å²) in [7, 11) is 8.39. The minimum Gasteiger partial charge on any atom is -0.507 e. The summed E-state index contributed by atoms with van der Waals surface area (Å²) in [5, 5.41) is 94.8. The fourth-order valence-corrected chi connectivity index (χ4v) is 21.6. The van der Waals surface area contributed by atoms with E-state index in [0.29, 0.717) is 65.2 Å². The number of hydrogen-bond donors (Lipinski definition) is 19. The van der Waals surface area contributed by atoms with Crippen molar-refractivity contribution < 1.29 is 131 Å². The largest absolute Gasteiger partial charge is 0.507 e. The number of phenolic OH excluding ortho intramolecular Hbond substituents is 2. The number of nitrogens with zero attached hydrogens (tertiary/aromatic N) is 7. The third kappa shape index (κ3) is 23.7. The number of aliphatic carboxylic acids is 2. The number of rotatable bonds is 44. The van der Waals surface area contributed by atoms with Gasteiger partial charge in [0, 0.05) is 150 Å². The lowest BCUT2D eigenvalue weighted by Gasteiger charge is -2.42. The van der Waals surface area contributed by atoms with Gasteiger partial charge in [-0.05, 0) is 94.1 Å². The number of carbonyl (C=O) groups excluding carboxylic acids is 12. The Balaban J connectivity index is 0.000000234. The molecular weight excluding hydrogens is 1960 g/mol. The van der Waals surface area contributed by atoms with Crippen LogP contribution in [-0.2, 0) is 81.6 Å². The number of aliphatic hydroxyl groups is 3. The molecule has 12 atom stereocenters. The maximum absolute atomic E-state index is 14.0. The van der Waals surface area contributed by atoms with Gasteiger partial charge in [0.15, 0.2) is 45.9 Å². The molecule has 0 saturated carbocycles. The van der Waals surface area contributed by atoms with Gasteiger partial charge >= 0.3 is 24.1 Å². The van der Waals surface area contributed by atoms with Crippen LogP contribution in [-0.4, -0.2) is 286 Å². The average molecular weight is 2070 g/mol. The number of aromatic nitrogens is 8. The van der Waals surface area contributed by atoms with E-state index < -0.39 is 184 Å². The number of aromatic hydroxyl groups is 2. The molecule has 15 rings (SSSR count). The summed E-state index contributed by atoms with van der Waals surface area (Å²) in [6.45, 7) is 2.55. The number of nitrogens with one attached hydrogen (secondary N) is 9. The number of amides is 5. The molecule has 0 spiro atoms. The van der Waals surface area contributed by atoms with Gasteiger partial charge in [-0.2, -0.15) is 9.97 Å². The van der Waals surface area contributed by atoms with Crippen LogP contribution in [0.2, 0.25) is 0 Å². The molecular formula is C92H101N19O29S4. The molecule has 762 valence electrons. The number of ether oxygens (including phenoxy) is 6. The average Bonchev–Trinajstić information content (AvgIpc) is 1.49. The summed E-state index contributed by atoms with van der Waals surface area (Å²) in [6, 6.07) is 12.9. The van der Waals surface area contributed by atoms with Crippen LogP contribution >= 0.6 is 43.2 Å². The lowest BCUT2D eigenvalue weighted by Crippen LogP contribution is -2.56. The number of Topliss-reactive ketones (excluding diaryl/α,β-unsaturated/α-hetero) is 5. The lowest BCUT2D eigenvalue weighted by atomic mass is 9.72. The van der Waals surface area contributed by atoms with Crippen LogP contribution in [0.3, 0.4) is 0 Å². The highest BCUT2D eigenvalue weighted by atomic mass is 33.1. The second-order valence-electron chi connectivity index (χ2n) is 34.3. The zero-order valence-electron chi connectivity index (χ0n) is 77.4. The molecule has 3 saturated heterocycles. The van der Waals surface area contributed by atoms with Crippen LogP contribution in [0, 0.1) is 5.92 Å². The van der Waals surface area contributed by atoms with Crippen LogP contribution in [0.25, 0.3) is 22.3 Å². The number of carboxylic acid groups (broad SMARTS) is 2. The van der Waals surface area contributed by atoms with Crippen molar-refractivity contribution in [1.82, 2.24) is 71.4 Å². The minimum absolute atomic E-state index is 0.0192. The second kappa shape index (κ2) is 46.1. The quantitative estimate of drug-likeness (QED) is 0.00858. The predicted octanol–water partition coefficient (Wildman–Crippen LogP) is 2.90. The Kier molecular flexibility index (Phi) is 33.8. The Morgan fingerprint density at radius 3 is 1.72 bits per heavy atom. The molecule has 5 amide bonds. The Labute approximate surface area is 832 Å². The standard InChI is InChI=1S/C52H56N8O18S2.C40H45N11O11S2/c1-23-41(64)31(17-35(77-23)78-33-19-52(74,34(63)22-61)18-29-37(33)45(68)39-38(43(29)66)42(65)28-6-3-7-32(75-2)36(28)44(39)67)58-51(73)76-14-16-80-79-15-4-5-27(62)12-13-30(49(71)72)57-47(69)24-8-10-25(11-9-24)54-20-26-21-55-46-40(56-26)48(70)60-50(53)59-46;1-18-28(32(55)27-23(14-26(41)53)40(61-2)33-25(46-33)17-51(40)30(27)31(18)54)48-39(60)62-11-13-64-63-12-3-4-22(52)9-10-24(37(58)59)47-35(56)19-5-7-20(8-6-19)43-15-21-16-44-34-29(45-21)36(57)50-38(42)49-34/h3,6-11,21,23,30-31,33,35,41,54,61,64,66,68,74H,4-5,12-20,22H2,1-2H3,(H,57,69)(H,58,73)(H,71,72)(H3,53,55,59,60,70);5-8,16,23-25,33,43,46H,3-4,9-15,17H2,1-2H3,(H2,41,53)(H,47,56)(H,48,60)(H,58,59)(H3,42,44,49,50,57)/t23?,30-,31?,33-,35?,41?,52?;23-,24+,25?,33+,40-/m11/s1. The highest BCUT2D eigenvalue weighted by Crippen LogP contribution is 2.58. The third-order valence-electron chi connectivity index (χ3n) is 24.9. The molecule has 144 heavy (non-hydrogen) atoms. The smallest absolute Gasteiger partial charge is 0.411 e. The number of anilines is 4. The number of aromatic amines is 2. The van der Waals surface area contributed by atoms with Crippen LogP contribution in [0.15, 0.2) is 111 Å². The van der Waals surface area contributed by atoms with Crippen molar-refractivity contribution in [2.24, 2.45) is 11.7 Å². The number of hydrogen-bond acceptors (Lipinski definition) is 43. The Morgan fingerprint density at radius 1 is 0.667 bits per heavy atom. The van der Waals surface area contributed by atoms with Crippen LogP contribution in [0.1, 0.15) is 166 Å². The van der Waals surface area contributed by atoms with E-state index in [1.165, 1.54) is 126 Å². The number of aliphatic hydroxyl groups excluding tert-OH is 2. The molecule has 8 aromatic rings. The molecule has 7 aliphatic rings. The fourth-order valence-electron chi connectivity index (χ4n) is 17.8. The molecule has 22 N–H and O–H groups in total. The summed E-state index contributed by atoms with van der Waals surface area (Å²) in [4.78, 5) is 236. The minimum atomic E-state index is -2.39. The first-order valence-electron chi connectivity index (χ1n) is 45.2. The molecule has 52 heteroatoms. The van der Waals surface area contributed by atoms with Gasteiger partial charge in [-0.1, -0.05) is 55.3 Å². The van der Waals surface area contributed by atoms with E-state index in [2.05, 4.69) is 77.1 Å². The van der Waals surface area contributed by atoms with Gasteiger partial charge in [-0.3, -0.25) is 72.8 Å². The predicted molar refractivity (Wildman–Crippen MR) is 518 cm³/mol. The van der Waals surface area contributed by atoms with E-state index in [1.807, 2.05) is 0 Å². The first kappa shape index (κ1) is 106. The number of allylic oxidation sites excluding steroid dienone is 2. The highest BCUT2D eigenvalue weighted by molar-refractivity contribution is 8.77. The SMILES string of the molecule is CO[C@@]12[C@H](CC(N)=O)C3=C(C(=O)C(C)=C(NC(=O)OCCSSCCCC(=O)CC[C@H](NC(=O)c4ccc(NCc5cnc6nc(N)[nH]c(=O)c6n5)cc4)C(=O)O)C3=O)N1CC1N[C@@H]12.COc1cccc2c1C(=O)c1c(O)c3c(c(O)c1C2=O)CC(O)(C(=O)CO)C[C@H]3OC1CC(NC(=O)OCCSSCCCC(=O)CC[C@@H](NC(=O)c2ccc(NCc3cnc4nc(N)[nH]c(=O)c4n3)cc2)C(=O)O)C(O)C(C)O1. The molecule has 6 unspecified atom stereocenters. The van der Waals surface area contributed by atoms with Crippen molar-refractivity contribution in [3.05, 3.63) is 178 Å². The van der Waals surface area contributed by atoms with E-state index in [-0.39, 0.29) is 197 Å². The van der Waals surface area contributed by atoms with Gasteiger partial charge in [0.05, 0.1) is 96.4 Å². The first-order chi connectivity index (χ1) is 68.8. The molecule has 48 nitrogen and oxygen atoms in total. The molecule has 4 aromatic heterocycles. The number of nitrogens with two attached hydrogens (primary N) is 3. The van der Waals surface area contributed by atoms with Crippen molar-refractivity contribution >= 4 is 171 Å². The number of fused-ring (bicyclic) bond motifs is 9. The first-order valence-corrected chi connectivity index (χ1v) is 50.1. The van der Waals surface area contributed by atoms with E-state index in [0.717, 1.165) is 0 Å². The molecule has 3 fully saturated rings. The van der Waals surface area contributed by atoms with E-state index in [9.17, 15) is 112 Å². The normalized spacial score (nSPS) is 20.9. The van der Waals surface area contributed by atoms with E-state index in [1.54, 1.807) is 29.2 Å². The number of piperazine rings is 1. The summed E-state index contributed by atoms with van der Waals surface area (Å²) in [5.74, 6) is -9.32. The summed E-state index contributed by atoms with van der Waals surface area (Å²) >= 11 is 0. The fraction of sp³-hybridized carbons (Fsp3) is 0.413. The van der Waals surface area contributed by atoms with Crippen molar-refractivity contribution in [3.63, 3.8) is 0 Å². The number of methoxy groups -OCH3 is 2. The maximum Gasteiger partial charge on any atom is 0.411 e. The number of ketones is 7. The summed E-state index contributed by atoms with van der Waals surface area (Å²) in [5.41, 5.74) is 13.0. The number of phenols is 2. The number of H-pyrrole nitrogens is 2. The van der Waals surface area contributed by atoms with Crippen LogP contribution in [0.4, 0.5) is 32.9 Å². The third-order valence-corrected chi connectivity index (χ3v) is 29.8. The second-order valence-corrected chi connectivity index (χ2v) is 39.7. The molecule has 0 bridgehead atoms. The molecule has 8 heterocycles. The van der Waals surface area contributed by atoms with Crippen molar-refractivity contribution in [2.45, 2.75) is 170 Å². The molecule has 0 radical (unpaired) electrons.